The minimum atomic E-state index is 0. The molecule has 0 aliphatic heterocycles. The lowest BCUT2D eigenvalue weighted by Gasteiger charge is -2.13. The van der Waals surface area contributed by atoms with Crippen LogP contribution in [0.4, 0.5) is 4.70 Å². The van der Waals surface area contributed by atoms with Crippen molar-refractivity contribution in [3.8, 4) is 0 Å². The summed E-state index contributed by atoms with van der Waals surface area (Å²) in [5, 5.41) is 0. The Balaban J connectivity index is -0.000000180. The van der Waals surface area contributed by atoms with Crippen LogP contribution < -0.4 is 0 Å². The van der Waals surface area contributed by atoms with Crippen LogP contribution in [0.2, 0.25) is 0 Å². The van der Waals surface area contributed by atoms with Gasteiger partial charge in [0.15, 0.2) is 0 Å². The van der Waals surface area contributed by atoms with E-state index in [4.69, 9.17) is 0 Å². The zero-order chi connectivity index (χ0) is 5.70. The van der Waals surface area contributed by atoms with Crippen molar-refractivity contribution >= 4 is 0 Å². The molecule has 0 aromatic carbocycles. The predicted molar refractivity (Wildman–Crippen MR) is 39.6 cm³/mol. The number of rotatable bonds is 3. The van der Waals surface area contributed by atoms with E-state index in [1.807, 2.05) is 0 Å². The quantitative estimate of drug-likeness (QED) is 0.566. The Labute approximate surface area is 56.5 Å². The van der Waals surface area contributed by atoms with Gasteiger partial charge < -0.3 is 10.4 Å². The number of hydrogen-bond acceptors (Lipinski definition) is 1. The van der Waals surface area contributed by atoms with Crippen molar-refractivity contribution in [2.24, 2.45) is 0 Å². The van der Waals surface area contributed by atoms with Crippen molar-refractivity contribution in [1.82, 2.24) is 4.90 Å². The van der Waals surface area contributed by atoms with Crippen LogP contribution in [0.5, 0.6) is 0 Å². The highest BCUT2D eigenvalue weighted by molar-refractivity contribution is 4.43. The number of halogens is 1. The predicted octanol–water partition coefficient (Wildman–Crippen LogP) is 0.676. The Bertz CT molecular complexity index is 34.5. The standard InChI is InChI=1S/C6H15N.FH.H2O/c1-4-7(5-2)6-3;;/h4-6H2,1-3H3;1H;1H2. The lowest BCUT2D eigenvalue weighted by molar-refractivity contribution is 0.321. The molecule has 0 atom stereocenters. The second-order valence-electron chi connectivity index (χ2n) is 1.62. The van der Waals surface area contributed by atoms with Crippen LogP contribution in [0.15, 0.2) is 0 Å². The summed E-state index contributed by atoms with van der Waals surface area (Å²) >= 11 is 0. The summed E-state index contributed by atoms with van der Waals surface area (Å²) in [5.41, 5.74) is 0. The van der Waals surface area contributed by atoms with E-state index in [0.29, 0.717) is 0 Å². The molecule has 9 heavy (non-hydrogen) atoms. The summed E-state index contributed by atoms with van der Waals surface area (Å²) in [6.07, 6.45) is 0. The summed E-state index contributed by atoms with van der Waals surface area (Å²) < 4.78 is 0. The third kappa shape index (κ3) is 7.85. The Kier molecular flexibility index (Phi) is 19.1. The molecular weight excluding hydrogens is 121 g/mol. The van der Waals surface area contributed by atoms with Crippen molar-refractivity contribution in [1.29, 1.82) is 0 Å². The van der Waals surface area contributed by atoms with Crippen LogP contribution in [0.1, 0.15) is 20.8 Å². The topological polar surface area (TPSA) is 34.7 Å². The maximum atomic E-state index is 2.38. The fourth-order valence-electron chi connectivity index (χ4n) is 0.671. The smallest absolute Gasteiger partial charge is 0.00474 e. The third-order valence-electron chi connectivity index (χ3n) is 1.34. The van der Waals surface area contributed by atoms with E-state index >= 15 is 0 Å². The van der Waals surface area contributed by atoms with Crippen LogP contribution in [-0.2, 0) is 0 Å². The van der Waals surface area contributed by atoms with Crippen LogP contribution in [-0.4, -0.2) is 30.0 Å². The monoisotopic (exact) mass is 139 g/mol. The van der Waals surface area contributed by atoms with Crippen molar-refractivity contribution in [2.45, 2.75) is 20.8 Å². The minimum Gasteiger partial charge on any atom is -0.412 e. The average Bonchev–Trinajstić information content (AvgIpc) is 1.72. The van der Waals surface area contributed by atoms with E-state index in [2.05, 4.69) is 25.7 Å². The maximum Gasteiger partial charge on any atom is -0.00474 e. The molecule has 0 aromatic heterocycles. The van der Waals surface area contributed by atoms with Crippen molar-refractivity contribution in [3.63, 3.8) is 0 Å². The van der Waals surface area contributed by atoms with Gasteiger partial charge in [-0.3, -0.25) is 4.70 Å². The second kappa shape index (κ2) is 10.8. The zero-order valence-corrected chi connectivity index (χ0v) is 6.48. The molecule has 0 saturated heterocycles. The Morgan fingerprint density at radius 3 is 1.11 bits per heavy atom. The van der Waals surface area contributed by atoms with Crippen molar-refractivity contribution in [3.05, 3.63) is 0 Å². The Morgan fingerprint density at radius 1 is 0.889 bits per heavy atom. The molecule has 0 heterocycles. The molecule has 0 spiro atoms. The van der Waals surface area contributed by atoms with E-state index in [1.54, 1.807) is 0 Å². The van der Waals surface area contributed by atoms with E-state index in [0.717, 1.165) is 0 Å². The first kappa shape index (κ1) is 15.9. The van der Waals surface area contributed by atoms with Crippen molar-refractivity contribution < 1.29 is 10.2 Å². The minimum absolute atomic E-state index is 0. The summed E-state index contributed by atoms with van der Waals surface area (Å²) in [6.45, 7) is 10.1. The van der Waals surface area contributed by atoms with Crippen molar-refractivity contribution in [2.75, 3.05) is 19.6 Å². The van der Waals surface area contributed by atoms with Crippen LogP contribution in [0.25, 0.3) is 0 Å². The fraction of sp³-hybridized carbons (Fsp3) is 1.00. The fourth-order valence-corrected chi connectivity index (χ4v) is 0.671. The molecule has 0 rings (SSSR count). The van der Waals surface area contributed by atoms with Gasteiger partial charge in [0.25, 0.3) is 0 Å². The molecule has 0 aliphatic carbocycles. The second-order valence-corrected chi connectivity index (χ2v) is 1.62. The highest BCUT2D eigenvalue weighted by atomic mass is 19.0. The molecule has 2 nitrogen and oxygen atoms in total. The molecule has 0 fully saturated rings. The summed E-state index contributed by atoms with van der Waals surface area (Å²) in [5.74, 6) is 0. The van der Waals surface area contributed by atoms with Gasteiger partial charge in [-0.2, -0.15) is 0 Å². The first-order valence-corrected chi connectivity index (χ1v) is 3.07. The van der Waals surface area contributed by atoms with E-state index in [-0.39, 0.29) is 10.2 Å². The molecular formula is C6H18FNO. The first-order chi connectivity index (χ1) is 3.35. The molecule has 0 amide bonds. The van der Waals surface area contributed by atoms with Gasteiger partial charge in [0.1, 0.15) is 0 Å². The summed E-state index contributed by atoms with van der Waals surface area (Å²) in [7, 11) is 0. The van der Waals surface area contributed by atoms with Gasteiger partial charge in [0.05, 0.1) is 0 Å². The number of hydrogen-bond donors (Lipinski definition) is 0. The summed E-state index contributed by atoms with van der Waals surface area (Å²) in [4.78, 5) is 2.38. The highest BCUT2D eigenvalue weighted by Gasteiger charge is 1.89. The van der Waals surface area contributed by atoms with Gasteiger partial charge in [-0.1, -0.05) is 20.8 Å². The molecule has 0 unspecified atom stereocenters. The largest absolute Gasteiger partial charge is 0.412 e. The molecule has 2 N–H and O–H groups in total. The van der Waals surface area contributed by atoms with E-state index in [9.17, 15) is 0 Å². The molecule has 0 aromatic rings. The molecule has 60 valence electrons. The maximum absolute atomic E-state index is 2.38. The van der Waals surface area contributed by atoms with E-state index in [1.165, 1.54) is 19.6 Å². The third-order valence-corrected chi connectivity index (χ3v) is 1.34. The first-order valence-electron chi connectivity index (χ1n) is 3.07. The van der Waals surface area contributed by atoms with Gasteiger partial charge in [0.2, 0.25) is 0 Å². The zero-order valence-electron chi connectivity index (χ0n) is 6.48. The van der Waals surface area contributed by atoms with E-state index < -0.39 is 0 Å². The highest BCUT2D eigenvalue weighted by Crippen LogP contribution is 1.81. The molecule has 0 radical (unpaired) electrons. The molecule has 0 saturated carbocycles. The van der Waals surface area contributed by atoms with Gasteiger partial charge in [-0.05, 0) is 19.6 Å². The van der Waals surface area contributed by atoms with Crippen LogP contribution in [0, 0.1) is 0 Å². The van der Waals surface area contributed by atoms with Gasteiger partial charge in [0, 0.05) is 0 Å². The summed E-state index contributed by atoms with van der Waals surface area (Å²) in [6, 6.07) is 0. The Morgan fingerprint density at radius 2 is 1.11 bits per heavy atom. The lowest BCUT2D eigenvalue weighted by Crippen LogP contribution is -2.21. The molecule has 0 bridgehead atoms. The van der Waals surface area contributed by atoms with Crippen LogP contribution in [0.3, 0.4) is 0 Å². The van der Waals surface area contributed by atoms with Crippen LogP contribution >= 0.6 is 0 Å². The van der Waals surface area contributed by atoms with Gasteiger partial charge in [-0.25, -0.2) is 0 Å². The SMILES string of the molecule is CCN(CC)CC.F.O. The normalized spacial score (nSPS) is 8.00. The van der Waals surface area contributed by atoms with Gasteiger partial charge in [-0.15, -0.1) is 0 Å². The molecule has 0 aliphatic rings. The Hall–Kier alpha value is -0.150. The average molecular weight is 139 g/mol. The molecule has 3 heteroatoms. The van der Waals surface area contributed by atoms with Gasteiger partial charge >= 0.3 is 0 Å². The number of nitrogens with zero attached hydrogens (tertiary/aromatic N) is 1. The lowest BCUT2D eigenvalue weighted by atomic mass is 10.5.